The molecule has 1 N–H and O–H groups in total. The summed E-state index contributed by atoms with van der Waals surface area (Å²) in [6, 6.07) is 7.73. The zero-order valence-corrected chi connectivity index (χ0v) is 10.8. The third-order valence-corrected chi connectivity index (χ3v) is 2.82. The molecule has 0 amide bonds. The molecule has 0 saturated carbocycles. The zero-order valence-electron chi connectivity index (χ0n) is 10.1. The lowest BCUT2D eigenvalue weighted by Crippen LogP contribution is -2.05. The number of benzene rings is 2. The molecule has 0 aliphatic heterocycles. The van der Waals surface area contributed by atoms with Crippen LogP contribution in [-0.4, -0.2) is 11.1 Å². The lowest BCUT2D eigenvalue weighted by molar-refractivity contribution is 0.0691. The standard InChI is InChI=1S/C14H9ClF2O3/c15-9-4-5-12(10(6-9)14(18)19)20-7-8-2-1-3-11(16)13(8)17/h1-6H,7H2,(H,18,19). The SMILES string of the molecule is O=C(O)c1cc(Cl)ccc1OCc1cccc(F)c1F. The summed E-state index contributed by atoms with van der Waals surface area (Å²) in [5.41, 5.74) is -0.148. The Balaban J connectivity index is 2.23. The van der Waals surface area contributed by atoms with Gasteiger partial charge in [0.05, 0.1) is 0 Å². The van der Waals surface area contributed by atoms with Crippen LogP contribution in [-0.2, 0) is 6.61 Å². The third kappa shape index (κ3) is 3.05. The first-order valence-corrected chi connectivity index (χ1v) is 5.95. The summed E-state index contributed by atoms with van der Waals surface area (Å²) in [5.74, 6) is -3.19. The highest BCUT2D eigenvalue weighted by molar-refractivity contribution is 6.31. The van der Waals surface area contributed by atoms with E-state index in [0.29, 0.717) is 0 Å². The molecule has 2 aromatic carbocycles. The van der Waals surface area contributed by atoms with Gasteiger partial charge in [-0.3, -0.25) is 0 Å². The minimum Gasteiger partial charge on any atom is -0.488 e. The predicted molar refractivity (Wildman–Crippen MR) is 69.1 cm³/mol. The van der Waals surface area contributed by atoms with Crippen molar-refractivity contribution >= 4 is 17.6 Å². The number of aromatic carboxylic acids is 1. The van der Waals surface area contributed by atoms with E-state index < -0.39 is 17.6 Å². The van der Waals surface area contributed by atoms with Crippen molar-refractivity contribution in [1.29, 1.82) is 0 Å². The van der Waals surface area contributed by atoms with Gasteiger partial charge in [0.15, 0.2) is 11.6 Å². The quantitative estimate of drug-likeness (QED) is 0.931. The van der Waals surface area contributed by atoms with Crippen molar-refractivity contribution in [1.82, 2.24) is 0 Å². The van der Waals surface area contributed by atoms with Crippen LogP contribution >= 0.6 is 11.6 Å². The first-order valence-electron chi connectivity index (χ1n) is 5.57. The van der Waals surface area contributed by atoms with Crippen LogP contribution in [0.1, 0.15) is 15.9 Å². The number of rotatable bonds is 4. The monoisotopic (exact) mass is 298 g/mol. The normalized spacial score (nSPS) is 10.3. The Morgan fingerprint density at radius 3 is 2.70 bits per heavy atom. The van der Waals surface area contributed by atoms with Crippen LogP contribution in [0.2, 0.25) is 5.02 Å². The smallest absolute Gasteiger partial charge is 0.339 e. The van der Waals surface area contributed by atoms with Gasteiger partial charge in [0, 0.05) is 10.6 Å². The number of carboxylic acid groups (broad SMARTS) is 1. The average Bonchev–Trinajstić information content (AvgIpc) is 2.41. The van der Waals surface area contributed by atoms with Crippen LogP contribution in [0.15, 0.2) is 36.4 Å². The van der Waals surface area contributed by atoms with Gasteiger partial charge >= 0.3 is 5.97 Å². The highest BCUT2D eigenvalue weighted by atomic mass is 35.5. The third-order valence-electron chi connectivity index (χ3n) is 2.59. The number of halogens is 3. The Bertz CT molecular complexity index is 659. The molecule has 0 spiro atoms. The Morgan fingerprint density at radius 1 is 1.25 bits per heavy atom. The maximum absolute atomic E-state index is 13.4. The zero-order chi connectivity index (χ0) is 14.7. The van der Waals surface area contributed by atoms with Crippen molar-refractivity contribution in [2.45, 2.75) is 6.61 Å². The molecule has 0 atom stereocenters. The van der Waals surface area contributed by atoms with Crippen molar-refractivity contribution in [2.75, 3.05) is 0 Å². The van der Waals surface area contributed by atoms with E-state index in [4.69, 9.17) is 21.4 Å². The van der Waals surface area contributed by atoms with Crippen molar-refractivity contribution in [2.24, 2.45) is 0 Å². The van der Waals surface area contributed by atoms with Crippen molar-refractivity contribution in [3.05, 3.63) is 64.2 Å². The minimum absolute atomic E-state index is 0.00344. The summed E-state index contributed by atoms with van der Waals surface area (Å²) in [4.78, 5) is 11.0. The second-order valence-corrected chi connectivity index (χ2v) is 4.38. The Morgan fingerprint density at radius 2 is 2.00 bits per heavy atom. The Hall–Kier alpha value is -2.14. The molecule has 20 heavy (non-hydrogen) atoms. The van der Waals surface area contributed by atoms with E-state index in [1.54, 1.807) is 0 Å². The summed E-state index contributed by atoms with van der Waals surface area (Å²) in [6.45, 7) is -0.286. The highest BCUT2D eigenvalue weighted by Crippen LogP contribution is 2.24. The molecule has 0 bridgehead atoms. The van der Waals surface area contributed by atoms with E-state index in [9.17, 15) is 13.6 Å². The molecular weight excluding hydrogens is 290 g/mol. The fourth-order valence-electron chi connectivity index (χ4n) is 1.61. The maximum Gasteiger partial charge on any atom is 0.339 e. The van der Waals surface area contributed by atoms with Crippen LogP contribution in [0.25, 0.3) is 0 Å². The van der Waals surface area contributed by atoms with Gasteiger partial charge < -0.3 is 9.84 Å². The van der Waals surface area contributed by atoms with Crippen LogP contribution in [0.4, 0.5) is 8.78 Å². The summed E-state index contributed by atoms with van der Waals surface area (Å²) in [6.07, 6.45) is 0. The summed E-state index contributed by atoms with van der Waals surface area (Å²) >= 11 is 5.70. The molecule has 6 heteroatoms. The van der Waals surface area contributed by atoms with Gasteiger partial charge in [-0.25, -0.2) is 13.6 Å². The van der Waals surface area contributed by atoms with Crippen LogP contribution < -0.4 is 4.74 Å². The molecule has 0 radical (unpaired) electrons. The maximum atomic E-state index is 13.4. The fourth-order valence-corrected chi connectivity index (χ4v) is 1.78. The molecule has 0 aliphatic rings. The number of carboxylic acids is 1. The van der Waals surface area contributed by atoms with Crippen LogP contribution in [0, 0.1) is 11.6 Å². The van der Waals surface area contributed by atoms with Gasteiger partial charge in [-0.15, -0.1) is 0 Å². The number of ether oxygens (including phenoxy) is 1. The molecule has 3 nitrogen and oxygen atoms in total. The van der Waals surface area contributed by atoms with E-state index in [1.807, 2.05) is 0 Å². The largest absolute Gasteiger partial charge is 0.488 e. The van der Waals surface area contributed by atoms with E-state index in [2.05, 4.69) is 0 Å². The highest BCUT2D eigenvalue weighted by Gasteiger charge is 2.14. The predicted octanol–water partition coefficient (Wildman–Crippen LogP) is 3.90. The van der Waals surface area contributed by atoms with Crippen molar-refractivity contribution in [3.8, 4) is 5.75 Å². The summed E-state index contributed by atoms with van der Waals surface area (Å²) < 4.78 is 31.7. The van der Waals surface area contributed by atoms with Crippen LogP contribution in [0.5, 0.6) is 5.75 Å². The number of carbonyl (C=O) groups is 1. The van der Waals surface area contributed by atoms with E-state index in [1.165, 1.54) is 30.3 Å². The topological polar surface area (TPSA) is 46.5 Å². The van der Waals surface area contributed by atoms with Gasteiger partial charge in [-0.2, -0.15) is 0 Å². The molecule has 104 valence electrons. The van der Waals surface area contributed by atoms with Gasteiger partial charge in [-0.1, -0.05) is 23.7 Å². The molecule has 0 saturated heterocycles. The van der Waals surface area contributed by atoms with E-state index in [0.717, 1.165) is 6.07 Å². The van der Waals surface area contributed by atoms with Gasteiger partial charge in [0.25, 0.3) is 0 Å². The average molecular weight is 299 g/mol. The molecular formula is C14H9ClF2O3. The molecule has 0 heterocycles. The van der Waals surface area contributed by atoms with Crippen molar-refractivity contribution in [3.63, 3.8) is 0 Å². The minimum atomic E-state index is -1.22. The van der Waals surface area contributed by atoms with Gasteiger partial charge in [0.2, 0.25) is 0 Å². The van der Waals surface area contributed by atoms with Gasteiger partial charge in [-0.05, 0) is 24.3 Å². The molecule has 0 unspecified atom stereocenters. The molecule has 0 aromatic heterocycles. The lowest BCUT2D eigenvalue weighted by atomic mass is 10.2. The van der Waals surface area contributed by atoms with Crippen molar-refractivity contribution < 1.29 is 23.4 Å². The first-order chi connectivity index (χ1) is 9.49. The second-order valence-electron chi connectivity index (χ2n) is 3.95. The van der Waals surface area contributed by atoms with E-state index in [-0.39, 0.29) is 28.5 Å². The lowest BCUT2D eigenvalue weighted by Gasteiger charge is -2.10. The molecule has 2 rings (SSSR count). The molecule has 0 fully saturated rings. The first kappa shape index (κ1) is 14.3. The number of hydrogen-bond acceptors (Lipinski definition) is 2. The second kappa shape index (κ2) is 5.88. The fraction of sp³-hybridized carbons (Fsp3) is 0.0714. The van der Waals surface area contributed by atoms with Gasteiger partial charge in [0.1, 0.15) is 17.9 Å². The summed E-state index contributed by atoms with van der Waals surface area (Å²) in [5, 5.41) is 9.26. The molecule has 2 aromatic rings. The summed E-state index contributed by atoms with van der Waals surface area (Å²) in [7, 11) is 0. The van der Waals surface area contributed by atoms with Crippen LogP contribution in [0.3, 0.4) is 0 Å². The Kier molecular flexibility index (Phi) is 4.20. The van der Waals surface area contributed by atoms with E-state index >= 15 is 0 Å². The Labute approximate surface area is 118 Å². The molecule has 0 aliphatic carbocycles. The number of hydrogen-bond donors (Lipinski definition) is 1.